The average molecular weight is 516 g/mol. The molecule has 0 radical (unpaired) electrons. The summed E-state index contributed by atoms with van der Waals surface area (Å²) in [7, 11) is 0. The van der Waals surface area contributed by atoms with Gasteiger partial charge in [-0.25, -0.2) is 15.0 Å². The van der Waals surface area contributed by atoms with E-state index in [1.165, 1.54) is 55.0 Å². The number of nitrogens with one attached hydrogen (secondary N) is 1. The lowest BCUT2D eigenvalue weighted by molar-refractivity contribution is -0.0432. The van der Waals surface area contributed by atoms with Gasteiger partial charge in [0, 0.05) is 13.0 Å². The smallest absolute Gasteiger partial charge is 0.167 e. The first-order chi connectivity index (χ1) is 19.2. The summed E-state index contributed by atoms with van der Waals surface area (Å²) in [6, 6.07) is 24.0. The number of aliphatic hydroxyl groups excluding tert-OH is 2. The molecule has 0 spiro atoms. The Bertz CT molecular complexity index is 2000. The van der Waals surface area contributed by atoms with E-state index < -0.39 is 18.4 Å². The summed E-state index contributed by atoms with van der Waals surface area (Å²) in [5.74, 6) is 0.630. The lowest BCUT2D eigenvalue weighted by Gasteiger charge is -2.18. The van der Waals surface area contributed by atoms with Gasteiger partial charge in [-0.2, -0.15) is 0 Å². The molecule has 2 aromatic heterocycles. The largest absolute Gasteiger partial charge is 0.394 e. The van der Waals surface area contributed by atoms with Crippen molar-refractivity contribution in [2.45, 2.75) is 31.4 Å². The van der Waals surface area contributed by atoms with Crippen molar-refractivity contribution in [2.24, 2.45) is 0 Å². The molecule has 0 unspecified atom stereocenters. The van der Waals surface area contributed by atoms with Gasteiger partial charge in [0.25, 0.3) is 0 Å². The third-order valence-electron chi connectivity index (χ3n) is 8.13. The maximum atomic E-state index is 10.2. The Morgan fingerprint density at radius 1 is 0.846 bits per heavy atom. The molecule has 1 aliphatic rings. The predicted molar refractivity (Wildman–Crippen MR) is 152 cm³/mol. The van der Waals surface area contributed by atoms with Crippen molar-refractivity contribution < 1.29 is 14.9 Å². The van der Waals surface area contributed by atoms with Crippen molar-refractivity contribution in [3.05, 3.63) is 84.9 Å². The van der Waals surface area contributed by atoms with Crippen LogP contribution in [0.2, 0.25) is 0 Å². The summed E-state index contributed by atoms with van der Waals surface area (Å²) < 4.78 is 7.64. The molecule has 8 nitrogen and oxygen atoms in total. The van der Waals surface area contributed by atoms with Crippen molar-refractivity contribution in [1.29, 1.82) is 0 Å². The first kappa shape index (κ1) is 22.6. The van der Waals surface area contributed by atoms with Gasteiger partial charge in [-0.05, 0) is 48.7 Å². The maximum Gasteiger partial charge on any atom is 0.167 e. The van der Waals surface area contributed by atoms with E-state index >= 15 is 0 Å². The summed E-state index contributed by atoms with van der Waals surface area (Å²) >= 11 is 0. The highest BCUT2D eigenvalue weighted by Crippen LogP contribution is 2.41. The minimum Gasteiger partial charge on any atom is -0.394 e. The molecule has 3 heterocycles. The van der Waals surface area contributed by atoms with Crippen LogP contribution < -0.4 is 5.32 Å². The summed E-state index contributed by atoms with van der Waals surface area (Å²) in [6.45, 7) is 0.318. The Morgan fingerprint density at radius 2 is 1.64 bits per heavy atom. The monoisotopic (exact) mass is 515 g/mol. The molecular formula is C31H25N5O3. The fraction of sp³-hybridized carbons (Fsp3) is 0.194. The molecule has 1 saturated heterocycles. The van der Waals surface area contributed by atoms with E-state index in [1.54, 1.807) is 10.9 Å². The topological polar surface area (TPSA) is 105 Å². The van der Waals surface area contributed by atoms with Crippen molar-refractivity contribution in [1.82, 2.24) is 19.5 Å². The second-order valence-corrected chi connectivity index (χ2v) is 10.2. The van der Waals surface area contributed by atoms with Crippen molar-refractivity contribution in [3.8, 4) is 0 Å². The van der Waals surface area contributed by atoms with Crippen molar-refractivity contribution >= 4 is 60.1 Å². The van der Waals surface area contributed by atoms with Crippen LogP contribution in [0.1, 0.15) is 18.2 Å². The van der Waals surface area contributed by atoms with E-state index in [1.807, 2.05) is 0 Å². The highest BCUT2D eigenvalue weighted by molar-refractivity contribution is 6.30. The summed E-state index contributed by atoms with van der Waals surface area (Å²) in [5.41, 5.74) is 2.45. The number of imidazole rings is 1. The molecular weight excluding hydrogens is 490 g/mol. The number of anilines is 1. The molecule has 39 heavy (non-hydrogen) atoms. The van der Waals surface area contributed by atoms with Crippen LogP contribution in [0.15, 0.2) is 79.4 Å². The van der Waals surface area contributed by atoms with Crippen molar-refractivity contribution in [3.63, 3.8) is 0 Å². The molecule has 0 amide bonds. The molecule has 8 rings (SSSR count). The summed E-state index contributed by atoms with van der Waals surface area (Å²) in [5, 5.41) is 33.2. The molecule has 3 N–H and O–H groups in total. The lowest BCUT2D eigenvalue weighted by atomic mass is 9.88. The van der Waals surface area contributed by atoms with Crippen molar-refractivity contribution in [2.75, 3.05) is 11.9 Å². The van der Waals surface area contributed by atoms with Crippen LogP contribution in [-0.2, 0) is 11.3 Å². The van der Waals surface area contributed by atoms with Gasteiger partial charge < -0.3 is 20.3 Å². The van der Waals surface area contributed by atoms with E-state index in [4.69, 9.17) is 4.74 Å². The minimum absolute atomic E-state index is 0.237. The van der Waals surface area contributed by atoms with E-state index in [-0.39, 0.29) is 6.61 Å². The molecule has 1 fully saturated rings. The summed E-state index contributed by atoms with van der Waals surface area (Å²) in [4.78, 5) is 13.6. The van der Waals surface area contributed by atoms with E-state index in [0.717, 1.165) is 0 Å². The van der Waals surface area contributed by atoms with Crippen LogP contribution in [0, 0.1) is 0 Å². The lowest BCUT2D eigenvalue weighted by Crippen LogP contribution is -2.24. The molecule has 0 saturated carbocycles. The second-order valence-electron chi connectivity index (χ2n) is 10.2. The fourth-order valence-electron chi connectivity index (χ4n) is 6.29. The Kier molecular flexibility index (Phi) is 4.97. The standard InChI is InChI=1S/C31H25N5O3/c37-14-25-24(38)12-26(39-25)36-16-35-29-30(33-15-34-31(29)36)32-13-23-20-7-2-1-6-19(20)21-10-8-17-4-3-5-18-9-11-22(23)28(21)27(17)18/h1-11,15-16,24-26,37-38H,12-14H2,(H,32,33,34)/t24-,25+,26+/m0/s1. The molecule has 0 aliphatic carbocycles. The molecule has 1 aliphatic heterocycles. The van der Waals surface area contributed by atoms with Gasteiger partial charge in [-0.3, -0.25) is 4.57 Å². The number of hydrogen-bond donors (Lipinski definition) is 3. The molecule has 5 aromatic carbocycles. The minimum atomic E-state index is -0.736. The normalized spacial score (nSPS) is 19.8. The van der Waals surface area contributed by atoms with Gasteiger partial charge in [-0.1, -0.05) is 66.7 Å². The zero-order valence-electron chi connectivity index (χ0n) is 21.0. The Labute approximate surface area is 222 Å². The van der Waals surface area contributed by atoms with Crippen LogP contribution in [-0.4, -0.2) is 48.5 Å². The maximum absolute atomic E-state index is 10.2. The quantitative estimate of drug-likeness (QED) is 0.216. The Hall–Kier alpha value is -4.37. The highest BCUT2D eigenvalue weighted by Gasteiger charge is 2.35. The van der Waals surface area contributed by atoms with Crippen LogP contribution in [0.25, 0.3) is 54.3 Å². The number of nitrogens with zero attached hydrogens (tertiary/aromatic N) is 4. The first-order valence-corrected chi connectivity index (χ1v) is 13.1. The van der Waals surface area contributed by atoms with Crippen LogP contribution in [0.4, 0.5) is 5.82 Å². The number of aliphatic hydroxyl groups is 2. The van der Waals surface area contributed by atoms with Crippen LogP contribution >= 0.6 is 0 Å². The number of hydrogen-bond acceptors (Lipinski definition) is 7. The van der Waals surface area contributed by atoms with E-state index in [9.17, 15) is 10.2 Å². The molecule has 0 bridgehead atoms. The van der Waals surface area contributed by atoms with Gasteiger partial charge in [-0.15, -0.1) is 0 Å². The van der Waals surface area contributed by atoms with E-state index in [2.05, 4.69) is 87.0 Å². The number of benzene rings is 5. The zero-order valence-corrected chi connectivity index (χ0v) is 21.0. The fourth-order valence-corrected chi connectivity index (χ4v) is 6.29. The molecule has 3 atom stereocenters. The van der Waals surface area contributed by atoms with E-state index in [0.29, 0.717) is 29.9 Å². The number of rotatable bonds is 5. The number of fused-ring (bicyclic) bond motifs is 3. The Morgan fingerprint density at radius 3 is 2.44 bits per heavy atom. The van der Waals surface area contributed by atoms with Gasteiger partial charge >= 0.3 is 0 Å². The van der Waals surface area contributed by atoms with Crippen LogP contribution in [0.5, 0.6) is 0 Å². The van der Waals surface area contributed by atoms with Gasteiger partial charge in [0.2, 0.25) is 0 Å². The van der Waals surface area contributed by atoms with Gasteiger partial charge in [0.15, 0.2) is 17.0 Å². The highest BCUT2D eigenvalue weighted by atomic mass is 16.5. The molecule has 8 heteroatoms. The third kappa shape index (κ3) is 3.32. The SMILES string of the molecule is OC[C@H]1O[C@@H](n2cnc3c(NCc4c5ccccc5c5ccc6cccc7ccc4c5c76)ncnc32)C[C@@H]1O. The summed E-state index contributed by atoms with van der Waals surface area (Å²) in [6.07, 6.45) is 1.73. The number of ether oxygens (including phenoxy) is 1. The van der Waals surface area contributed by atoms with Gasteiger partial charge in [0.1, 0.15) is 18.7 Å². The predicted octanol–water partition coefficient (Wildman–Crippen LogP) is 5.13. The zero-order chi connectivity index (χ0) is 26.1. The number of aromatic nitrogens is 4. The molecule has 7 aromatic rings. The van der Waals surface area contributed by atoms with Crippen LogP contribution in [0.3, 0.4) is 0 Å². The second kappa shape index (κ2) is 8.57. The first-order valence-electron chi connectivity index (χ1n) is 13.1. The Balaban J connectivity index is 1.24. The molecule has 192 valence electrons. The average Bonchev–Trinajstić information content (AvgIpc) is 3.58. The van der Waals surface area contributed by atoms with Gasteiger partial charge in [0.05, 0.1) is 19.0 Å². The third-order valence-corrected chi connectivity index (χ3v) is 8.13.